The zero-order valence-electron chi connectivity index (χ0n) is 10.4. The largest absolute Gasteiger partial charge is 0.469 e. The zero-order chi connectivity index (χ0) is 12.6. The van der Waals surface area contributed by atoms with Gasteiger partial charge in [0.1, 0.15) is 0 Å². The van der Waals surface area contributed by atoms with Gasteiger partial charge in [0, 0.05) is 26.1 Å². The van der Waals surface area contributed by atoms with Gasteiger partial charge in [-0.1, -0.05) is 0 Å². The van der Waals surface area contributed by atoms with Crippen molar-refractivity contribution in [2.75, 3.05) is 21.3 Å². The second-order valence-electron chi connectivity index (χ2n) is 4.69. The van der Waals surface area contributed by atoms with Crippen molar-refractivity contribution in [1.29, 1.82) is 0 Å². The highest BCUT2D eigenvalue weighted by Crippen LogP contribution is 2.50. The molecule has 17 heavy (non-hydrogen) atoms. The summed E-state index contributed by atoms with van der Waals surface area (Å²) < 4.78 is 15.4. The van der Waals surface area contributed by atoms with Gasteiger partial charge < -0.3 is 14.2 Å². The molecule has 3 fully saturated rings. The number of carbonyl (C=O) groups is 2. The second-order valence-corrected chi connectivity index (χ2v) is 4.69. The van der Waals surface area contributed by atoms with Crippen LogP contribution >= 0.6 is 0 Å². The van der Waals surface area contributed by atoms with E-state index >= 15 is 0 Å². The molecule has 3 aliphatic carbocycles. The maximum Gasteiger partial charge on any atom is 0.309 e. The van der Waals surface area contributed by atoms with Gasteiger partial charge in [0.15, 0.2) is 5.78 Å². The number of rotatable bonds is 3. The molecule has 3 atom stereocenters. The topological polar surface area (TPSA) is 61.8 Å². The van der Waals surface area contributed by atoms with Gasteiger partial charge in [0.05, 0.1) is 13.0 Å². The summed E-state index contributed by atoms with van der Waals surface area (Å²) >= 11 is 0. The minimum absolute atomic E-state index is 0.0288. The Balaban J connectivity index is 2.35. The molecule has 5 nitrogen and oxygen atoms in total. The van der Waals surface area contributed by atoms with Crippen molar-refractivity contribution in [2.24, 2.45) is 17.8 Å². The highest BCUT2D eigenvalue weighted by Gasteiger charge is 2.61. The number of ketones is 1. The average Bonchev–Trinajstić information content (AvgIpc) is 2.39. The molecule has 96 valence electrons. The Bertz CT molecular complexity index is 334. The molecule has 0 spiro atoms. The molecule has 3 rings (SSSR count). The van der Waals surface area contributed by atoms with E-state index in [0.29, 0.717) is 6.42 Å². The first kappa shape index (κ1) is 12.5. The van der Waals surface area contributed by atoms with Gasteiger partial charge in [0.2, 0.25) is 5.79 Å². The van der Waals surface area contributed by atoms with Gasteiger partial charge in [0.25, 0.3) is 0 Å². The summed E-state index contributed by atoms with van der Waals surface area (Å²) in [6, 6.07) is 0. The van der Waals surface area contributed by atoms with Crippen LogP contribution in [-0.2, 0) is 23.8 Å². The number of Topliss-reactive ketones (excluding diaryl/α,β-unsaturated/α-hetero) is 1. The molecule has 0 saturated heterocycles. The van der Waals surface area contributed by atoms with Crippen LogP contribution in [0.3, 0.4) is 0 Å². The molecule has 0 amide bonds. The Morgan fingerprint density at radius 2 is 1.88 bits per heavy atom. The minimum Gasteiger partial charge on any atom is -0.469 e. The van der Waals surface area contributed by atoms with E-state index < -0.39 is 5.79 Å². The van der Waals surface area contributed by atoms with Crippen molar-refractivity contribution in [2.45, 2.75) is 25.0 Å². The van der Waals surface area contributed by atoms with Crippen LogP contribution in [-0.4, -0.2) is 38.9 Å². The van der Waals surface area contributed by atoms with E-state index in [2.05, 4.69) is 0 Å². The number of esters is 1. The molecule has 0 aliphatic heterocycles. The van der Waals surface area contributed by atoms with Gasteiger partial charge in [-0.15, -0.1) is 0 Å². The molecule has 0 heterocycles. The van der Waals surface area contributed by atoms with Gasteiger partial charge in [-0.3, -0.25) is 9.59 Å². The second kappa shape index (κ2) is 4.38. The van der Waals surface area contributed by atoms with Crippen molar-refractivity contribution in [3.8, 4) is 0 Å². The van der Waals surface area contributed by atoms with Crippen LogP contribution in [0.1, 0.15) is 19.3 Å². The molecule has 1 unspecified atom stereocenters. The van der Waals surface area contributed by atoms with Gasteiger partial charge in [-0.05, 0) is 19.3 Å². The fraction of sp³-hybridized carbons (Fsp3) is 0.833. The number of carbonyl (C=O) groups excluding carboxylic acids is 2. The zero-order valence-corrected chi connectivity index (χ0v) is 10.4. The molecule has 0 aromatic carbocycles. The first-order valence-corrected chi connectivity index (χ1v) is 5.83. The fourth-order valence-corrected chi connectivity index (χ4v) is 3.33. The van der Waals surface area contributed by atoms with Crippen LogP contribution in [0.15, 0.2) is 0 Å². The van der Waals surface area contributed by atoms with Crippen LogP contribution in [0.2, 0.25) is 0 Å². The summed E-state index contributed by atoms with van der Waals surface area (Å²) in [4.78, 5) is 24.0. The van der Waals surface area contributed by atoms with E-state index in [0.717, 1.165) is 12.8 Å². The first-order chi connectivity index (χ1) is 8.10. The molecule has 3 aliphatic rings. The Labute approximate surface area is 100 Å². The lowest BCUT2D eigenvalue weighted by Crippen LogP contribution is -2.62. The molecule has 0 aromatic rings. The summed E-state index contributed by atoms with van der Waals surface area (Å²) in [5, 5.41) is 0. The molecule has 0 radical (unpaired) electrons. The molecular formula is C12H18O5. The number of hydrogen-bond donors (Lipinski definition) is 0. The molecule has 5 heteroatoms. The van der Waals surface area contributed by atoms with E-state index in [1.807, 2.05) is 0 Å². The SMILES string of the molecule is COC(=O)C1C[C@@H]2CC[C@H]1C(OC)(OC)C2=O. The summed E-state index contributed by atoms with van der Waals surface area (Å²) in [6.45, 7) is 0. The summed E-state index contributed by atoms with van der Waals surface area (Å²) in [6.07, 6.45) is 2.13. The van der Waals surface area contributed by atoms with E-state index in [4.69, 9.17) is 14.2 Å². The Hall–Kier alpha value is -0.940. The predicted octanol–water partition coefficient (Wildman–Crippen LogP) is 0.764. The highest BCUT2D eigenvalue weighted by molar-refractivity contribution is 5.92. The number of methoxy groups -OCH3 is 3. The van der Waals surface area contributed by atoms with Crippen molar-refractivity contribution in [3.05, 3.63) is 0 Å². The number of hydrogen-bond acceptors (Lipinski definition) is 5. The fourth-order valence-electron chi connectivity index (χ4n) is 3.33. The molecular weight excluding hydrogens is 224 g/mol. The molecule has 0 N–H and O–H groups in total. The lowest BCUT2D eigenvalue weighted by Gasteiger charge is -2.50. The third kappa shape index (κ3) is 1.60. The normalized spacial score (nSPS) is 34.8. The Kier molecular flexibility index (Phi) is 3.23. The third-order valence-corrected chi connectivity index (χ3v) is 4.16. The predicted molar refractivity (Wildman–Crippen MR) is 58.1 cm³/mol. The van der Waals surface area contributed by atoms with Crippen LogP contribution in [0, 0.1) is 17.8 Å². The van der Waals surface area contributed by atoms with Crippen LogP contribution in [0.25, 0.3) is 0 Å². The van der Waals surface area contributed by atoms with E-state index in [1.54, 1.807) is 0 Å². The standard InChI is InChI=1S/C12H18O5/c1-15-11(14)8-6-7-4-5-9(8)12(16-2,17-3)10(7)13/h7-9H,4-6H2,1-3H3/t7-,8?,9+/m0/s1. The molecule has 0 aromatic heterocycles. The summed E-state index contributed by atoms with van der Waals surface area (Å²) in [5.41, 5.74) is 0. The highest BCUT2D eigenvalue weighted by atomic mass is 16.7. The smallest absolute Gasteiger partial charge is 0.309 e. The molecule has 3 saturated carbocycles. The number of fused-ring (bicyclic) bond motifs is 3. The van der Waals surface area contributed by atoms with Crippen molar-refractivity contribution < 1.29 is 23.8 Å². The van der Waals surface area contributed by atoms with Gasteiger partial charge >= 0.3 is 5.97 Å². The van der Waals surface area contributed by atoms with Crippen molar-refractivity contribution in [3.63, 3.8) is 0 Å². The van der Waals surface area contributed by atoms with Gasteiger partial charge in [-0.25, -0.2) is 0 Å². The van der Waals surface area contributed by atoms with Gasteiger partial charge in [-0.2, -0.15) is 0 Å². The Morgan fingerprint density at radius 1 is 1.24 bits per heavy atom. The first-order valence-electron chi connectivity index (χ1n) is 5.83. The third-order valence-electron chi connectivity index (χ3n) is 4.16. The van der Waals surface area contributed by atoms with Crippen LogP contribution in [0.4, 0.5) is 0 Å². The Morgan fingerprint density at radius 3 is 2.41 bits per heavy atom. The van der Waals surface area contributed by atoms with Crippen LogP contribution in [0.5, 0.6) is 0 Å². The summed E-state index contributed by atoms with van der Waals surface area (Å²) in [7, 11) is 4.28. The van der Waals surface area contributed by atoms with Crippen molar-refractivity contribution >= 4 is 11.8 Å². The minimum atomic E-state index is -1.25. The van der Waals surface area contributed by atoms with E-state index in [-0.39, 0.29) is 29.5 Å². The van der Waals surface area contributed by atoms with E-state index in [1.165, 1.54) is 21.3 Å². The lowest BCUT2D eigenvalue weighted by atomic mass is 9.60. The summed E-state index contributed by atoms with van der Waals surface area (Å²) in [5.74, 6) is -2.23. The maximum atomic E-state index is 12.2. The maximum absolute atomic E-state index is 12.2. The van der Waals surface area contributed by atoms with Crippen LogP contribution < -0.4 is 0 Å². The molecule has 2 bridgehead atoms. The lowest BCUT2D eigenvalue weighted by molar-refractivity contribution is -0.262. The monoisotopic (exact) mass is 242 g/mol. The number of ether oxygens (including phenoxy) is 3. The van der Waals surface area contributed by atoms with Crippen molar-refractivity contribution in [1.82, 2.24) is 0 Å². The quantitative estimate of drug-likeness (QED) is 0.540. The average molecular weight is 242 g/mol. The van der Waals surface area contributed by atoms with E-state index in [9.17, 15) is 9.59 Å².